The fraction of sp³-hybridized carbons (Fsp3) is 0.480. The standard InChI is InChI=1S/C25H31NO5/c1-16(2)10-11-29-20-9-8-19(14-21(20)28-5)15-26-23-18(4)7-6-17(3)22(23)25(24(26)27)30-12-13-31-25/h6-9,14,16H,10-13,15H2,1-5H3. The number of rotatable bonds is 7. The van der Waals surface area contributed by atoms with E-state index in [-0.39, 0.29) is 5.91 Å². The van der Waals surface area contributed by atoms with Gasteiger partial charge in [-0.15, -0.1) is 0 Å². The Hall–Kier alpha value is -2.57. The number of carbonyl (C=O) groups excluding carboxylic acids is 1. The number of hydrogen-bond acceptors (Lipinski definition) is 5. The van der Waals surface area contributed by atoms with Crippen molar-refractivity contribution >= 4 is 11.6 Å². The highest BCUT2D eigenvalue weighted by Crippen LogP contribution is 2.49. The average Bonchev–Trinajstić information content (AvgIpc) is 3.32. The van der Waals surface area contributed by atoms with Gasteiger partial charge in [-0.2, -0.15) is 0 Å². The van der Waals surface area contributed by atoms with Gasteiger partial charge in [0.15, 0.2) is 11.5 Å². The zero-order valence-electron chi connectivity index (χ0n) is 19.0. The number of nitrogens with zero attached hydrogens (tertiary/aromatic N) is 1. The molecule has 0 saturated carbocycles. The minimum absolute atomic E-state index is 0.173. The number of aryl methyl sites for hydroxylation is 2. The molecule has 0 aromatic heterocycles. The monoisotopic (exact) mass is 425 g/mol. The van der Waals surface area contributed by atoms with Gasteiger partial charge in [0.1, 0.15) is 0 Å². The number of methoxy groups -OCH3 is 1. The summed E-state index contributed by atoms with van der Waals surface area (Å²) in [5.74, 6) is 0.456. The highest BCUT2D eigenvalue weighted by atomic mass is 16.7. The summed E-state index contributed by atoms with van der Waals surface area (Å²) in [5, 5.41) is 0. The lowest BCUT2D eigenvalue weighted by Gasteiger charge is -2.23. The molecule has 2 aromatic rings. The predicted molar refractivity (Wildman–Crippen MR) is 119 cm³/mol. The molecule has 0 radical (unpaired) electrons. The van der Waals surface area contributed by atoms with E-state index in [9.17, 15) is 4.79 Å². The van der Waals surface area contributed by atoms with Crippen LogP contribution in [0.4, 0.5) is 5.69 Å². The Bertz CT molecular complexity index is 978. The second-order valence-electron chi connectivity index (χ2n) is 8.64. The number of carbonyl (C=O) groups is 1. The fourth-order valence-electron chi connectivity index (χ4n) is 4.29. The molecule has 4 rings (SSSR count). The molecule has 1 saturated heterocycles. The topological polar surface area (TPSA) is 57.2 Å². The summed E-state index contributed by atoms with van der Waals surface area (Å²) in [7, 11) is 1.63. The SMILES string of the molecule is COc1cc(CN2C(=O)C3(OCCO3)c3c(C)ccc(C)c32)ccc1OCCC(C)C. The van der Waals surface area contributed by atoms with Crippen molar-refractivity contribution in [3.8, 4) is 11.5 Å². The summed E-state index contributed by atoms with van der Waals surface area (Å²) in [6.07, 6.45) is 0.977. The Kier molecular flexibility index (Phi) is 5.95. The van der Waals surface area contributed by atoms with Gasteiger partial charge in [-0.25, -0.2) is 0 Å². The average molecular weight is 426 g/mol. The first kappa shape index (κ1) is 21.7. The highest BCUT2D eigenvalue weighted by Gasteiger charge is 2.57. The van der Waals surface area contributed by atoms with E-state index < -0.39 is 5.79 Å². The number of hydrogen-bond donors (Lipinski definition) is 0. The third-order valence-corrected chi connectivity index (χ3v) is 5.93. The third-order valence-electron chi connectivity index (χ3n) is 5.93. The third kappa shape index (κ3) is 3.79. The van der Waals surface area contributed by atoms with Crippen LogP contribution in [0.3, 0.4) is 0 Å². The molecule has 1 amide bonds. The maximum atomic E-state index is 13.5. The molecule has 2 aliphatic heterocycles. The van der Waals surface area contributed by atoms with E-state index in [4.69, 9.17) is 18.9 Å². The van der Waals surface area contributed by atoms with Crippen LogP contribution >= 0.6 is 0 Å². The van der Waals surface area contributed by atoms with Crippen LogP contribution in [0, 0.1) is 19.8 Å². The molecule has 2 heterocycles. The lowest BCUT2D eigenvalue weighted by atomic mass is 9.98. The van der Waals surface area contributed by atoms with Crippen molar-refractivity contribution in [1.29, 1.82) is 0 Å². The van der Waals surface area contributed by atoms with E-state index in [1.54, 1.807) is 12.0 Å². The molecule has 6 heteroatoms. The first-order valence-electron chi connectivity index (χ1n) is 10.9. The summed E-state index contributed by atoms with van der Waals surface area (Å²) >= 11 is 0. The summed E-state index contributed by atoms with van der Waals surface area (Å²) in [6, 6.07) is 9.88. The summed E-state index contributed by atoms with van der Waals surface area (Å²) in [4.78, 5) is 15.3. The van der Waals surface area contributed by atoms with E-state index in [0.29, 0.717) is 43.8 Å². The molecule has 0 atom stereocenters. The molecule has 0 aliphatic carbocycles. The maximum Gasteiger partial charge on any atom is 0.292 e. The summed E-state index contributed by atoms with van der Waals surface area (Å²) < 4.78 is 23.3. The molecule has 0 bridgehead atoms. The van der Waals surface area contributed by atoms with Gasteiger partial charge in [-0.1, -0.05) is 32.0 Å². The van der Waals surface area contributed by atoms with Crippen molar-refractivity contribution in [2.75, 3.05) is 31.8 Å². The Labute approximate surface area is 184 Å². The van der Waals surface area contributed by atoms with Crippen LogP contribution < -0.4 is 14.4 Å². The molecule has 0 unspecified atom stereocenters. The number of ether oxygens (including phenoxy) is 4. The van der Waals surface area contributed by atoms with Crippen molar-refractivity contribution in [2.24, 2.45) is 5.92 Å². The minimum Gasteiger partial charge on any atom is -0.493 e. The van der Waals surface area contributed by atoms with Gasteiger partial charge in [0.2, 0.25) is 0 Å². The van der Waals surface area contributed by atoms with Gasteiger partial charge < -0.3 is 23.8 Å². The number of amides is 1. The van der Waals surface area contributed by atoms with Gasteiger partial charge in [0.25, 0.3) is 11.7 Å². The van der Waals surface area contributed by atoms with Crippen LogP contribution in [-0.2, 0) is 26.6 Å². The molecular weight excluding hydrogens is 394 g/mol. The number of fused-ring (bicyclic) bond motifs is 2. The van der Waals surface area contributed by atoms with Crippen LogP contribution in [0.5, 0.6) is 11.5 Å². The van der Waals surface area contributed by atoms with Crippen molar-refractivity contribution < 1.29 is 23.7 Å². The molecule has 1 fully saturated rings. The molecule has 166 valence electrons. The molecule has 2 aliphatic rings. The molecule has 31 heavy (non-hydrogen) atoms. The van der Waals surface area contributed by atoms with E-state index in [1.807, 2.05) is 44.2 Å². The van der Waals surface area contributed by atoms with Crippen molar-refractivity contribution in [3.63, 3.8) is 0 Å². The first-order valence-corrected chi connectivity index (χ1v) is 10.9. The second-order valence-corrected chi connectivity index (χ2v) is 8.64. The van der Waals surface area contributed by atoms with Gasteiger partial charge in [-0.05, 0) is 55.0 Å². The highest BCUT2D eigenvalue weighted by molar-refractivity contribution is 6.07. The minimum atomic E-state index is -1.32. The maximum absolute atomic E-state index is 13.5. The van der Waals surface area contributed by atoms with Gasteiger partial charge in [-0.3, -0.25) is 4.79 Å². The number of benzene rings is 2. The van der Waals surface area contributed by atoms with Crippen molar-refractivity contribution in [3.05, 3.63) is 52.6 Å². The fourth-order valence-corrected chi connectivity index (χ4v) is 4.29. The smallest absolute Gasteiger partial charge is 0.292 e. The second kappa shape index (κ2) is 8.52. The molecule has 2 aromatic carbocycles. The Morgan fingerprint density at radius 3 is 2.45 bits per heavy atom. The Balaban J connectivity index is 1.64. The summed E-state index contributed by atoms with van der Waals surface area (Å²) in [5.41, 5.74) is 4.66. The molecule has 1 spiro atoms. The Morgan fingerprint density at radius 2 is 1.77 bits per heavy atom. The summed E-state index contributed by atoms with van der Waals surface area (Å²) in [6.45, 7) is 10.2. The predicted octanol–water partition coefficient (Wildman–Crippen LogP) is 4.48. The lowest BCUT2D eigenvalue weighted by Crippen LogP contribution is -2.41. The van der Waals surface area contributed by atoms with E-state index >= 15 is 0 Å². The van der Waals surface area contributed by atoms with Gasteiger partial charge >= 0.3 is 0 Å². The first-order chi connectivity index (χ1) is 14.9. The Morgan fingerprint density at radius 1 is 1.06 bits per heavy atom. The zero-order valence-corrected chi connectivity index (χ0v) is 19.0. The van der Waals surface area contributed by atoms with Gasteiger partial charge in [0.05, 0.1) is 39.2 Å². The van der Waals surface area contributed by atoms with E-state index in [0.717, 1.165) is 34.4 Å². The lowest BCUT2D eigenvalue weighted by molar-refractivity contribution is -0.181. The van der Waals surface area contributed by atoms with Crippen molar-refractivity contribution in [1.82, 2.24) is 0 Å². The molecule has 0 N–H and O–H groups in total. The quantitative estimate of drug-likeness (QED) is 0.655. The van der Waals surface area contributed by atoms with Crippen LogP contribution in [0.2, 0.25) is 0 Å². The number of anilines is 1. The van der Waals surface area contributed by atoms with E-state index in [1.165, 1.54) is 0 Å². The molecule has 6 nitrogen and oxygen atoms in total. The van der Waals surface area contributed by atoms with Crippen molar-refractivity contribution in [2.45, 2.75) is 46.4 Å². The molecular formula is C25H31NO5. The largest absolute Gasteiger partial charge is 0.493 e. The van der Waals surface area contributed by atoms with E-state index in [2.05, 4.69) is 13.8 Å². The van der Waals surface area contributed by atoms with Crippen LogP contribution in [0.1, 0.15) is 42.5 Å². The van der Waals surface area contributed by atoms with Crippen LogP contribution in [0.15, 0.2) is 30.3 Å². The van der Waals surface area contributed by atoms with Gasteiger partial charge in [0, 0.05) is 5.56 Å². The zero-order chi connectivity index (χ0) is 22.2. The normalized spacial score (nSPS) is 17.0. The van der Waals surface area contributed by atoms with Crippen LogP contribution in [-0.4, -0.2) is 32.8 Å². The van der Waals surface area contributed by atoms with Crippen LogP contribution in [0.25, 0.3) is 0 Å².